The van der Waals surface area contributed by atoms with Crippen LogP contribution in [0.3, 0.4) is 0 Å². The molecule has 0 atom stereocenters. The topological polar surface area (TPSA) is 114 Å². The van der Waals surface area contributed by atoms with Gasteiger partial charge < -0.3 is 10.1 Å². The minimum Gasteiger partial charge on any atom is -0.377 e. The van der Waals surface area contributed by atoms with Gasteiger partial charge in [-0.1, -0.05) is 0 Å². The predicted octanol–water partition coefficient (Wildman–Crippen LogP) is 0.475. The summed E-state index contributed by atoms with van der Waals surface area (Å²) in [6.07, 6.45) is 1.88. The Balaban J connectivity index is 2.08. The molecular formula is C10H17N7O. The highest BCUT2D eigenvalue weighted by Crippen LogP contribution is 2.19. The molecule has 0 aromatic carbocycles. The van der Waals surface area contributed by atoms with E-state index in [1.165, 1.54) is 0 Å². The minimum atomic E-state index is 0.215. The number of aromatic amines is 1. The Morgan fingerprint density at radius 1 is 1.44 bits per heavy atom. The van der Waals surface area contributed by atoms with Crippen molar-refractivity contribution in [2.24, 2.45) is 5.84 Å². The highest BCUT2D eigenvalue weighted by Gasteiger charge is 2.08. The summed E-state index contributed by atoms with van der Waals surface area (Å²) in [5, 5.41) is 10.7. The lowest BCUT2D eigenvalue weighted by molar-refractivity contribution is 0.0870. The van der Waals surface area contributed by atoms with Gasteiger partial charge in [0.25, 0.3) is 0 Å². The van der Waals surface area contributed by atoms with E-state index >= 15 is 0 Å². The van der Waals surface area contributed by atoms with Crippen molar-refractivity contribution in [1.82, 2.24) is 20.2 Å². The molecule has 0 aliphatic rings. The van der Waals surface area contributed by atoms with E-state index in [-0.39, 0.29) is 6.10 Å². The Bertz CT molecular complexity index is 510. The maximum Gasteiger partial charge on any atom is 0.241 e. The van der Waals surface area contributed by atoms with Crippen LogP contribution in [-0.4, -0.2) is 39.4 Å². The lowest BCUT2D eigenvalue weighted by atomic mass is 10.4. The third-order valence-electron chi connectivity index (χ3n) is 2.28. The van der Waals surface area contributed by atoms with E-state index in [0.29, 0.717) is 30.6 Å². The number of H-pyrrole nitrogens is 1. The summed E-state index contributed by atoms with van der Waals surface area (Å²) in [6.45, 7) is 5.25. The Kier molecular flexibility index (Phi) is 3.90. The fraction of sp³-hybridized carbons (Fsp3) is 0.500. The average Bonchev–Trinajstić information content (AvgIpc) is 2.82. The molecule has 2 rings (SSSR count). The molecular weight excluding hydrogens is 234 g/mol. The van der Waals surface area contributed by atoms with E-state index in [1.807, 2.05) is 13.8 Å². The van der Waals surface area contributed by atoms with Gasteiger partial charge in [0.2, 0.25) is 5.95 Å². The first-order valence-corrected chi connectivity index (χ1v) is 5.74. The summed E-state index contributed by atoms with van der Waals surface area (Å²) in [7, 11) is 0. The van der Waals surface area contributed by atoms with Crippen LogP contribution in [0.25, 0.3) is 11.0 Å². The number of ether oxygens (including phenoxy) is 1. The molecule has 0 bridgehead atoms. The van der Waals surface area contributed by atoms with Gasteiger partial charge in [-0.05, 0) is 13.8 Å². The smallest absolute Gasteiger partial charge is 0.241 e. The largest absolute Gasteiger partial charge is 0.377 e. The number of aromatic nitrogens is 4. The molecule has 18 heavy (non-hydrogen) atoms. The van der Waals surface area contributed by atoms with E-state index in [9.17, 15) is 0 Å². The third-order valence-corrected chi connectivity index (χ3v) is 2.28. The van der Waals surface area contributed by atoms with Gasteiger partial charge in [-0.2, -0.15) is 15.1 Å². The van der Waals surface area contributed by atoms with E-state index in [0.717, 1.165) is 5.39 Å². The monoisotopic (exact) mass is 251 g/mol. The normalized spacial score (nSPS) is 11.1. The molecule has 98 valence electrons. The summed E-state index contributed by atoms with van der Waals surface area (Å²) in [5.41, 5.74) is 3.05. The quantitative estimate of drug-likeness (QED) is 0.335. The maximum atomic E-state index is 5.44. The van der Waals surface area contributed by atoms with Gasteiger partial charge in [-0.25, -0.2) is 5.84 Å². The Morgan fingerprint density at radius 2 is 2.28 bits per heavy atom. The molecule has 0 fully saturated rings. The maximum absolute atomic E-state index is 5.44. The van der Waals surface area contributed by atoms with Gasteiger partial charge in [-0.15, -0.1) is 0 Å². The molecule has 2 heterocycles. The number of nitrogen functional groups attached to an aromatic ring is 1. The van der Waals surface area contributed by atoms with Gasteiger partial charge in [0.05, 0.1) is 24.3 Å². The van der Waals surface area contributed by atoms with Crippen LogP contribution in [0, 0.1) is 0 Å². The molecule has 5 N–H and O–H groups in total. The second-order valence-corrected chi connectivity index (χ2v) is 4.02. The second-order valence-electron chi connectivity index (χ2n) is 4.02. The fourth-order valence-electron chi connectivity index (χ4n) is 1.50. The minimum absolute atomic E-state index is 0.215. The Hall–Kier alpha value is -1.93. The van der Waals surface area contributed by atoms with Crippen LogP contribution in [0.1, 0.15) is 13.8 Å². The van der Waals surface area contributed by atoms with Crippen molar-refractivity contribution in [1.29, 1.82) is 0 Å². The number of hydrogen-bond donors (Lipinski definition) is 4. The number of hydrazine groups is 1. The molecule has 8 heteroatoms. The van der Waals surface area contributed by atoms with Crippen molar-refractivity contribution >= 4 is 22.8 Å². The number of fused-ring (bicyclic) bond motifs is 1. The van der Waals surface area contributed by atoms with Gasteiger partial charge in [0.15, 0.2) is 5.65 Å². The molecule has 0 aliphatic carbocycles. The zero-order chi connectivity index (χ0) is 13.0. The summed E-state index contributed by atoms with van der Waals surface area (Å²) >= 11 is 0. The summed E-state index contributed by atoms with van der Waals surface area (Å²) < 4.78 is 5.44. The first-order chi connectivity index (χ1) is 8.70. The highest BCUT2D eigenvalue weighted by molar-refractivity contribution is 5.86. The van der Waals surface area contributed by atoms with Crippen LogP contribution in [0.4, 0.5) is 11.8 Å². The highest BCUT2D eigenvalue weighted by atomic mass is 16.5. The number of rotatable bonds is 6. The lowest BCUT2D eigenvalue weighted by Gasteiger charge is -2.10. The SMILES string of the molecule is CC(C)OCCNc1nc(NN)nc2[nH]ncc12. The van der Waals surface area contributed by atoms with Gasteiger partial charge >= 0.3 is 0 Å². The molecule has 2 aromatic rings. The van der Waals surface area contributed by atoms with Crippen LogP contribution in [0.5, 0.6) is 0 Å². The zero-order valence-corrected chi connectivity index (χ0v) is 10.4. The van der Waals surface area contributed by atoms with Crippen molar-refractivity contribution in [2.75, 3.05) is 23.9 Å². The number of hydrogen-bond acceptors (Lipinski definition) is 7. The molecule has 0 radical (unpaired) electrons. The molecule has 0 amide bonds. The number of nitrogens with zero attached hydrogens (tertiary/aromatic N) is 3. The summed E-state index contributed by atoms with van der Waals surface area (Å²) in [6, 6.07) is 0. The van der Waals surface area contributed by atoms with Gasteiger partial charge in [0.1, 0.15) is 5.82 Å². The van der Waals surface area contributed by atoms with Gasteiger partial charge in [0, 0.05) is 6.54 Å². The second kappa shape index (κ2) is 5.61. The fourth-order valence-corrected chi connectivity index (χ4v) is 1.50. The van der Waals surface area contributed by atoms with Crippen molar-refractivity contribution in [2.45, 2.75) is 20.0 Å². The van der Waals surface area contributed by atoms with Crippen LogP contribution >= 0.6 is 0 Å². The average molecular weight is 251 g/mol. The third kappa shape index (κ3) is 2.84. The molecule has 0 spiro atoms. The molecule has 0 unspecified atom stereocenters. The summed E-state index contributed by atoms with van der Waals surface area (Å²) in [4.78, 5) is 8.37. The molecule has 0 saturated heterocycles. The van der Waals surface area contributed by atoms with Crippen molar-refractivity contribution < 1.29 is 4.74 Å². The summed E-state index contributed by atoms with van der Waals surface area (Å²) in [5.74, 6) is 6.32. The van der Waals surface area contributed by atoms with Gasteiger partial charge in [-0.3, -0.25) is 10.5 Å². The lowest BCUT2D eigenvalue weighted by Crippen LogP contribution is -2.16. The predicted molar refractivity (Wildman–Crippen MR) is 69.1 cm³/mol. The van der Waals surface area contributed by atoms with E-state index in [1.54, 1.807) is 6.20 Å². The van der Waals surface area contributed by atoms with Crippen molar-refractivity contribution in [3.63, 3.8) is 0 Å². The molecule has 0 aliphatic heterocycles. The molecule has 0 saturated carbocycles. The first kappa shape index (κ1) is 12.5. The van der Waals surface area contributed by atoms with Crippen molar-refractivity contribution in [3.8, 4) is 0 Å². The Labute approximate surface area is 104 Å². The number of anilines is 2. The van der Waals surface area contributed by atoms with Crippen LogP contribution in [0.2, 0.25) is 0 Å². The molecule has 8 nitrogen and oxygen atoms in total. The Morgan fingerprint density at radius 3 is 3.00 bits per heavy atom. The van der Waals surface area contributed by atoms with Crippen LogP contribution < -0.4 is 16.6 Å². The van der Waals surface area contributed by atoms with E-state index in [4.69, 9.17) is 10.6 Å². The van der Waals surface area contributed by atoms with E-state index in [2.05, 4.69) is 30.9 Å². The van der Waals surface area contributed by atoms with Crippen molar-refractivity contribution in [3.05, 3.63) is 6.20 Å². The number of nitrogens with two attached hydrogens (primary N) is 1. The number of nitrogens with one attached hydrogen (secondary N) is 3. The first-order valence-electron chi connectivity index (χ1n) is 5.74. The molecule has 2 aromatic heterocycles. The van der Waals surface area contributed by atoms with E-state index < -0.39 is 0 Å². The standard InChI is InChI=1S/C10H17N7O/c1-6(2)18-4-3-12-8-7-5-13-17-9(7)15-10(14-8)16-11/h5-6H,3-4,11H2,1-2H3,(H3,12,13,14,15,16,17). The zero-order valence-electron chi connectivity index (χ0n) is 10.4. The van der Waals surface area contributed by atoms with Crippen LogP contribution in [-0.2, 0) is 4.74 Å². The van der Waals surface area contributed by atoms with Crippen LogP contribution in [0.15, 0.2) is 6.20 Å².